The number of nitrogens with one attached hydrogen (secondary N) is 2. The summed E-state index contributed by atoms with van der Waals surface area (Å²) >= 11 is 0. The molecule has 0 aromatic rings. The zero-order valence-electron chi connectivity index (χ0n) is 34.7. The number of carbonyl (C=O) groups excluding carboxylic acids is 1. The van der Waals surface area contributed by atoms with Gasteiger partial charge in [0.25, 0.3) is 0 Å². The number of unbranched alkanes of at least 4 members (excludes halogenated alkanes) is 20. The van der Waals surface area contributed by atoms with Gasteiger partial charge in [-0.2, -0.15) is 0 Å². The Labute approximate surface area is 329 Å². The van der Waals surface area contributed by atoms with Crippen molar-refractivity contribution < 1.29 is 4.79 Å². The summed E-state index contributed by atoms with van der Waals surface area (Å²) in [7, 11) is 3.39. The summed E-state index contributed by atoms with van der Waals surface area (Å²) in [6, 6.07) is 0.229. The molecule has 0 spiro atoms. The predicted molar refractivity (Wildman–Crippen MR) is 232 cm³/mol. The van der Waals surface area contributed by atoms with Crippen molar-refractivity contribution in [1.82, 2.24) is 20.4 Å². The summed E-state index contributed by atoms with van der Waals surface area (Å²) in [5.74, 6) is 1.33. The average molecular weight is 765 g/mol. The van der Waals surface area contributed by atoms with Crippen LogP contribution in [0.4, 0.5) is 4.79 Å². The predicted octanol–water partition coefficient (Wildman–Crippen LogP) is 4.69. The SMILES string of the molecule is CN=C(N)NCCCCCCCCN(CCCCCCCCN=C(N)N)C(=O)N(CCCCCCCCN=C(N)N)CCCCCCCCNC(N)=NC. The highest BCUT2D eigenvalue weighted by molar-refractivity contribution is 5.78. The molecule has 0 aliphatic rings. The highest BCUT2D eigenvalue weighted by atomic mass is 16.2. The first-order valence-electron chi connectivity index (χ1n) is 21.3. The van der Waals surface area contributed by atoms with Crippen molar-refractivity contribution in [3.8, 4) is 0 Å². The fourth-order valence-corrected chi connectivity index (χ4v) is 6.33. The van der Waals surface area contributed by atoms with E-state index in [0.717, 1.165) is 129 Å². The number of urea groups is 1. The molecule has 2 amide bonds. The highest BCUT2D eigenvalue weighted by Gasteiger charge is 2.20. The van der Waals surface area contributed by atoms with Gasteiger partial charge in [-0.15, -0.1) is 0 Å². The molecule has 0 radical (unpaired) electrons. The first-order chi connectivity index (χ1) is 26.2. The summed E-state index contributed by atoms with van der Waals surface area (Å²) in [5.41, 5.74) is 33.2. The van der Waals surface area contributed by atoms with Crippen molar-refractivity contribution in [2.24, 2.45) is 54.4 Å². The van der Waals surface area contributed by atoms with Crippen LogP contribution >= 0.6 is 0 Å². The normalized spacial score (nSPS) is 11.7. The first kappa shape index (κ1) is 50.4. The smallest absolute Gasteiger partial charge is 0.319 e. The third kappa shape index (κ3) is 34.1. The number of aliphatic imine (C=N–C) groups is 4. The summed E-state index contributed by atoms with van der Waals surface area (Å²) in [4.78, 5) is 34.6. The van der Waals surface area contributed by atoms with E-state index in [2.05, 4.69) is 40.4 Å². The molecule has 0 aromatic carbocycles. The van der Waals surface area contributed by atoms with Gasteiger partial charge in [-0.25, -0.2) is 4.79 Å². The lowest BCUT2D eigenvalue weighted by Crippen LogP contribution is -2.45. The highest BCUT2D eigenvalue weighted by Crippen LogP contribution is 2.14. The van der Waals surface area contributed by atoms with Gasteiger partial charge in [-0.3, -0.25) is 20.0 Å². The Morgan fingerprint density at radius 3 is 0.944 bits per heavy atom. The van der Waals surface area contributed by atoms with Crippen LogP contribution in [0.1, 0.15) is 154 Å². The van der Waals surface area contributed by atoms with Gasteiger partial charge in [-0.05, 0) is 51.4 Å². The molecule has 54 heavy (non-hydrogen) atoms. The van der Waals surface area contributed by atoms with Crippen molar-refractivity contribution in [1.29, 1.82) is 0 Å². The van der Waals surface area contributed by atoms with Gasteiger partial charge < -0.3 is 54.8 Å². The van der Waals surface area contributed by atoms with E-state index >= 15 is 0 Å². The van der Waals surface area contributed by atoms with E-state index in [0.29, 0.717) is 25.0 Å². The molecule has 0 saturated carbocycles. The zero-order valence-corrected chi connectivity index (χ0v) is 34.7. The van der Waals surface area contributed by atoms with E-state index in [1.54, 1.807) is 14.1 Å². The molecule has 0 heterocycles. The number of nitrogens with zero attached hydrogens (tertiary/aromatic N) is 6. The van der Waals surface area contributed by atoms with E-state index in [9.17, 15) is 4.79 Å². The largest absolute Gasteiger partial charge is 0.370 e. The topological polar surface area (TPSA) is 253 Å². The van der Waals surface area contributed by atoms with Crippen molar-refractivity contribution in [2.75, 3.05) is 66.5 Å². The molecule has 316 valence electrons. The van der Waals surface area contributed by atoms with Crippen LogP contribution in [0.15, 0.2) is 20.0 Å². The van der Waals surface area contributed by atoms with E-state index in [1.807, 2.05) is 0 Å². The number of guanidine groups is 4. The van der Waals surface area contributed by atoms with Crippen LogP contribution in [0.3, 0.4) is 0 Å². The van der Waals surface area contributed by atoms with E-state index in [4.69, 9.17) is 34.4 Å². The van der Waals surface area contributed by atoms with Crippen LogP contribution in [0.25, 0.3) is 0 Å². The van der Waals surface area contributed by atoms with E-state index in [-0.39, 0.29) is 18.0 Å². The molecular formula is C39H84N14O. The maximum Gasteiger partial charge on any atom is 0.319 e. The summed E-state index contributed by atoms with van der Waals surface area (Å²) < 4.78 is 0. The number of carbonyl (C=O) groups is 1. The Hall–Kier alpha value is -3.65. The second-order valence-electron chi connectivity index (χ2n) is 14.4. The summed E-state index contributed by atoms with van der Waals surface area (Å²) in [6.45, 7) is 6.42. The second-order valence-corrected chi connectivity index (χ2v) is 14.4. The summed E-state index contributed by atoms with van der Waals surface area (Å²) in [5, 5.41) is 6.26. The Bertz CT molecular complexity index is 920. The van der Waals surface area contributed by atoms with Gasteiger partial charge in [0.15, 0.2) is 23.8 Å². The van der Waals surface area contributed by atoms with Gasteiger partial charge >= 0.3 is 6.03 Å². The molecule has 0 fully saturated rings. The Morgan fingerprint density at radius 1 is 0.407 bits per heavy atom. The zero-order chi connectivity index (χ0) is 39.9. The second kappa shape index (κ2) is 37.7. The lowest BCUT2D eigenvalue weighted by atomic mass is 10.1. The van der Waals surface area contributed by atoms with Crippen LogP contribution < -0.4 is 45.0 Å². The monoisotopic (exact) mass is 765 g/mol. The third-order valence-corrected chi connectivity index (χ3v) is 9.61. The minimum absolute atomic E-state index is 0.166. The summed E-state index contributed by atoms with van der Waals surface area (Å²) in [6.07, 6.45) is 26.9. The molecule has 15 nitrogen and oxygen atoms in total. The molecular weight excluding hydrogens is 681 g/mol. The van der Waals surface area contributed by atoms with Crippen molar-refractivity contribution in [3.63, 3.8) is 0 Å². The van der Waals surface area contributed by atoms with Crippen LogP contribution in [0, 0.1) is 0 Å². The maximum absolute atomic E-state index is 14.2. The Kier molecular flexibility index (Phi) is 35.1. The molecule has 0 aromatic heterocycles. The van der Waals surface area contributed by atoms with Gasteiger partial charge in [0, 0.05) is 66.5 Å². The van der Waals surface area contributed by atoms with Gasteiger partial charge in [-0.1, -0.05) is 103 Å². The van der Waals surface area contributed by atoms with Crippen LogP contribution in [-0.4, -0.2) is 106 Å². The molecule has 15 heteroatoms. The Balaban J connectivity index is 5.07. The Morgan fingerprint density at radius 2 is 0.667 bits per heavy atom. The van der Waals surface area contributed by atoms with E-state index < -0.39 is 0 Å². The van der Waals surface area contributed by atoms with Gasteiger partial charge in [0.2, 0.25) is 0 Å². The van der Waals surface area contributed by atoms with Crippen molar-refractivity contribution in [3.05, 3.63) is 0 Å². The number of nitrogens with two attached hydrogens (primary N) is 6. The molecule has 0 aliphatic carbocycles. The molecule has 0 saturated heterocycles. The van der Waals surface area contributed by atoms with Crippen molar-refractivity contribution in [2.45, 2.75) is 154 Å². The quantitative estimate of drug-likeness (QED) is 0.0250. The molecule has 0 rings (SSSR count). The number of hydrogen-bond donors (Lipinski definition) is 8. The maximum atomic E-state index is 14.2. The average Bonchev–Trinajstić information content (AvgIpc) is 3.15. The standard InChI is InChI=1S/C39H84N14O/c1-46-37(44)50-29-21-13-5-9-17-25-33-52(31-23-15-7-3-11-19-27-48-35(40)41)39(54)53(32-24-16-8-4-12-20-28-49-36(42)43)34-26-18-10-6-14-22-30-51-38(45)47-2/h3-34H2,1-2H3,(H4,40,41,48)(H4,42,43,49)(H3,44,46,50)(H3,45,47,51). The van der Waals surface area contributed by atoms with Crippen LogP contribution in [0.2, 0.25) is 0 Å². The number of rotatable bonds is 36. The molecule has 0 bridgehead atoms. The third-order valence-electron chi connectivity index (χ3n) is 9.61. The molecule has 0 atom stereocenters. The number of amides is 2. The molecule has 14 N–H and O–H groups in total. The van der Waals surface area contributed by atoms with Crippen LogP contribution in [0.5, 0.6) is 0 Å². The fraction of sp³-hybridized carbons (Fsp3) is 0.872. The lowest BCUT2D eigenvalue weighted by molar-refractivity contribution is 0.148. The lowest BCUT2D eigenvalue weighted by Gasteiger charge is -2.31. The number of hydrogen-bond acceptors (Lipinski definition) is 5. The first-order valence-corrected chi connectivity index (χ1v) is 21.3. The molecule has 0 unspecified atom stereocenters. The van der Waals surface area contributed by atoms with Crippen LogP contribution in [-0.2, 0) is 0 Å². The van der Waals surface area contributed by atoms with E-state index in [1.165, 1.54) is 64.2 Å². The molecule has 0 aliphatic heterocycles. The van der Waals surface area contributed by atoms with Gasteiger partial charge in [0.1, 0.15) is 0 Å². The van der Waals surface area contributed by atoms with Crippen molar-refractivity contribution >= 4 is 29.9 Å². The minimum Gasteiger partial charge on any atom is -0.370 e. The van der Waals surface area contributed by atoms with Gasteiger partial charge in [0.05, 0.1) is 0 Å². The minimum atomic E-state index is 0.166. The fourth-order valence-electron chi connectivity index (χ4n) is 6.33.